The first kappa shape index (κ1) is 15.5. The minimum absolute atomic E-state index is 0.0708. The highest BCUT2D eigenvalue weighted by Gasteiger charge is 2.14. The summed E-state index contributed by atoms with van der Waals surface area (Å²) in [6.07, 6.45) is 1.57. The molecule has 0 spiro atoms. The second-order valence-electron chi connectivity index (χ2n) is 4.85. The molecule has 1 heterocycles. The van der Waals surface area contributed by atoms with Gasteiger partial charge in [0.25, 0.3) is 5.91 Å². The van der Waals surface area contributed by atoms with Gasteiger partial charge in [0.1, 0.15) is 10.4 Å². The minimum atomic E-state index is -0.0708. The van der Waals surface area contributed by atoms with Crippen LogP contribution >= 0.6 is 15.9 Å². The van der Waals surface area contributed by atoms with Crippen LogP contribution in [0.15, 0.2) is 41.1 Å². The number of ether oxygens (including phenoxy) is 1. The SMILES string of the molecule is COc1ccc(C)cc1CN(C)C(=O)c1ccc(Br)nc1. The van der Waals surface area contributed by atoms with Gasteiger partial charge in [0.2, 0.25) is 0 Å². The van der Waals surface area contributed by atoms with Crippen LogP contribution in [-0.2, 0) is 6.54 Å². The Morgan fingerprint density at radius 3 is 2.71 bits per heavy atom. The molecule has 1 amide bonds. The lowest BCUT2D eigenvalue weighted by atomic mass is 10.1. The van der Waals surface area contributed by atoms with E-state index in [0.717, 1.165) is 16.9 Å². The Bertz CT molecular complexity index is 641. The summed E-state index contributed by atoms with van der Waals surface area (Å²) in [5.74, 6) is 0.716. The van der Waals surface area contributed by atoms with Gasteiger partial charge in [0, 0.05) is 25.4 Å². The number of hydrogen-bond acceptors (Lipinski definition) is 3. The monoisotopic (exact) mass is 348 g/mol. The Morgan fingerprint density at radius 2 is 2.10 bits per heavy atom. The number of aromatic nitrogens is 1. The first-order valence-corrected chi connectivity index (χ1v) is 7.31. The number of methoxy groups -OCH3 is 1. The molecule has 1 aromatic carbocycles. The van der Waals surface area contributed by atoms with Crippen LogP contribution in [0.4, 0.5) is 0 Å². The Hall–Kier alpha value is -1.88. The van der Waals surface area contributed by atoms with E-state index < -0.39 is 0 Å². The Kier molecular flexibility index (Phi) is 4.96. The molecule has 0 aliphatic carbocycles. The van der Waals surface area contributed by atoms with E-state index in [0.29, 0.717) is 16.7 Å². The fraction of sp³-hybridized carbons (Fsp3) is 0.250. The van der Waals surface area contributed by atoms with E-state index >= 15 is 0 Å². The van der Waals surface area contributed by atoms with E-state index in [1.807, 2.05) is 25.1 Å². The normalized spacial score (nSPS) is 10.3. The predicted molar refractivity (Wildman–Crippen MR) is 85.5 cm³/mol. The molecule has 110 valence electrons. The number of rotatable bonds is 4. The van der Waals surface area contributed by atoms with Gasteiger partial charge in [-0.25, -0.2) is 4.98 Å². The van der Waals surface area contributed by atoms with E-state index in [-0.39, 0.29) is 5.91 Å². The molecular weight excluding hydrogens is 332 g/mol. The number of hydrogen-bond donors (Lipinski definition) is 0. The molecule has 0 saturated heterocycles. The van der Waals surface area contributed by atoms with Crippen molar-refractivity contribution in [3.8, 4) is 5.75 Å². The number of amides is 1. The molecule has 0 N–H and O–H groups in total. The summed E-state index contributed by atoms with van der Waals surface area (Å²) in [6, 6.07) is 9.45. The highest BCUT2D eigenvalue weighted by atomic mass is 79.9. The van der Waals surface area contributed by atoms with Crippen LogP contribution < -0.4 is 4.74 Å². The molecule has 0 unspecified atom stereocenters. The van der Waals surface area contributed by atoms with Crippen molar-refractivity contribution < 1.29 is 9.53 Å². The van der Waals surface area contributed by atoms with Crippen LogP contribution in [0.25, 0.3) is 0 Å². The average Bonchev–Trinajstić information content (AvgIpc) is 2.47. The van der Waals surface area contributed by atoms with Crippen molar-refractivity contribution in [1.82, 2.24) is 9.88 Å². The first-order valence-electron chi connectivity index (χ1n) is 6.52. The fourth-order valence-electron chi connectivity index (χ4n) is 2.08. The van der Waals surface area contributed by atoms with Gasteiger partial charge >= 0.3 is 0 Å². The van der Waals surface area contributed by atoms with Gasteiger partial charge in [0.15, 0.2) is 0 Å². The van der Waals surface area contributed by atoms with Crippen LogP contribution in [0.1, 0.15) is 21.5 Å². The molecule has 0 saturated carbocycles. The van der Waals surface area contributed by atoms with Crippen molar-refractivity contribution in [2.75, 3.05) is 14.2 Å². The number of nitrogens with zero attached hydrogens (tertiary/aromatic N) is 2. The summed E-state index contributed by atoms with van der Waals surface area (Å²) in [5.41, 5.74) is 2.68. The van der Waals surface area contributed by atoms with E-state index in [4.69, 9.17) is 4.74 Å². The molecule has 1 aromatic heterocycles. The number of halogens is 1. The van der Waals surface area contributed by atoms with E-state index in [1.54, 1.807) is 37.4 Å². The number of benzene rings is 1. The molecule has 4 nitrogen and oxygen atoms in total. The van der Waals surface area contributed by atoms with Gasteiger partial charge in [-0.3, -0.25) is 4.79 Å². The number of carbonyl (C=O) groups excluding carboxylic acids is 1. The summed E-state index contributed by atoms with van der Waals surface area (Å²) in [6.45, 7) is 2.50. The standard InChI is InChI=1S/C16H17BrN2O2/c1-11-4-6-14(21-3)13(8-11)10-19(2)16(20)12-5-7-15(17)18-9-12/h4-9H,10H2,1-3H3. The molecule has 0 bridgehead atoms. The molecule has 0 aliphatic rings. The quantitative estimate of drug-likeness (QED) is 0.795. The van der Waals surface area contributed by atoms with Gasteiger partial charge in [-0.2, -0.15) is 0 Å². The van der Waals surface area contributed by atoms with Crippen LogP contribution in [0.5, 0.6) is 5.75 Å². The van der Waals surface area contributed by atoms with Gasteiger partial charge in [-0.05, 0) is 41.1 Å². The highest BCUT2D eigenvalue weighted by molar-refractivity contribution is 9.10. The number of carbonyl (C=O) groups is 1. The lowest BCUT2D eigenvalue weighted by Gasteiger charge is -2.19. The van der Waals surface area contributed by atoms with Crippen molar-refractivity contribution in [1.29, 1.82) is 0 Å². The van der Waals surface area contributed by atoms with Crippen LogP contribution in [0.3, 0.4) is 0 Å². The van der Waals surface area contributed by atoms with Crippen molar-refractivity contribution in [3.63, 3.8) is 0 Å². The maximum atomic E-state index is 12.4. The van der Waals surface area contributed by atoms with E-state index in [2.05, 4.69) is 20.9 Å². The van der Waals surface area contributed by atoms with E-state index in [9.17, 15) is 4.79 Å². The van der Waals surface area contributed by atoms with Crippen molar-refractivity contribution in [2.24, 2.45) is 0 Å². The predicted octanol–water partition coefficient (Wildman–Crippen LogP) is 3.43. The van der Waals surface area contributed by atoms with Gasteiger partial charge in [-0.15, -0.1) is 0 Å². The molecule has 5 heteroatoms. The summed E-state index contributed by atoms with van der Waals surface area (Å²) in [7, 11) is 3.40. The van der Waals surface area contributed by atoms with E-state index in [1.165, 1.54) is 0 Å². The maximum absolute atomic E-state index is 12.4. The Morgan fingerprint density at radius 1 is 1.33 bits per heavy atom. The summed E-state index contributed by atoms with van der Waals surface area (Å²) >= 11 is 3.26. The second kappa shape index (κ2) is 6.72. The highest BCUT2D eigenvalue weighted by Crippen LogP contribution is 2.21. The van der Waals surface area contributed by atoms with Crippen molar-refractivity contribution >= 4 is 21.8 Å². The summed E-state index contributed by atoms with van der Waals surface area (Å²) in [4.78, 5) is 18.1. The Labute approximate surface area is 132 Å². The molecule has 21 heavy (non-hydrogen) atoms. The van der Waals surface area contributed by atoms with Gasteiger partial charge in [-0.1, -0.05) is 17.7 Å². The zero-order chi connectivity index (χ0) is 15.4. The molecule has 2 rings (SSSR count). The van der Waals surface area contributed by atoms with Crippen LogP contribution in [0, 0.1) is 6.92 Å². The third-order valence-corrected chi connectivity index (χ3v) is 3.63. The largest absolute Gasteiger partial charge is 0.496 e. The lowest BCUT2D eigenvalue weighted by molar-refractivity contribution is 0.0783. The maximum Gasteiger partial charge on any atom is 0.255 e. The number of pyridine rings is 1. The van der Waals surface area contributed by atoms with Gasteiger partial charge < -0.3 is 9.64 Å². The topological polar surface area (TPSA) is 42.4 Å². The number of aryl methyl sites for hydroxylation is 1. The molecule has 0 radical (unpaired) electrons. The Balaban J connectivity index is 2.17. The minimum Gasteiger partial charge on any atom is -0.496 e. The third-order valence-electron chi connectivity index (χ3n) is 3.16. The van der Waals surface area contributed by atoms with Crippen LogP contribution in [-0.4, -0.2) is 29.9 Å². The summed E-state index contributed by atoms with van der Waals surface area (Å²) < 4.78 is 6.06. The molecule has 0 atom stereocenters. The molecule has 0 aliphatic heterocycles. The first-order chi connectivity index (χ1) is 10.0. The van der Waals surface area contributed by atoms with Crippen LogP contribution in [0.2, 0.25) is 0 Å². The van der Waals surface area contributed by atoms with Crippen molar-refractivity contribution in [3.05, 3.63) is 57.8 Å². The smallest absolute Gasteiger partial charge is 0.255 e. The fourth-order valence-corrected chi connectivity index (χ4v) is 2.32. The average molecular weight is 349 g/mol. The third kappa shape index (κ3) is 3.82. The molecule has 0 fully saturated rings. The second-order valence-corrected chi connectivity index (χ2v) is 5.66. The molecule has 2 aromatic rings. The zero-order valence-electron chi connectivity index (χ0n) is 12.3. The van der Waals surface area contributed by atoms with Gasteiger partial charge in [0.05, 0.1) is 12.7 Å². The summed E-state index contributed by atoms with van der Waals surface area (Å²) in [5, 5.41) is 0. The van der Waals surface area contributed by atoms with Crippen molar-refractivity contribution in [2.45, 2.75) is 13.5 Å². The zero-order valence-corrected chi connectivity index (χ0v) is 13.8. The molecular formula is C16H17BrN2O2. The lowest BCUT2D eigenvalue weighted by Crippen LogP contribution is -2.26.